The minimum absolute atomic E-state index is 0.137. The molecule has 2 aromatic rings. The quantitative estimate of drug-likeness (QED) is 0.765. The molecule has 5 nitrogen and oxygen atoms in total. The van der Waals surface area contributed by atoms with E-state index in [0.29, 0.717) is 23.0 Å². The summed E-state index contributed by atoms with van der Waals surface area (Å²) in [4.78, 5) is 26.2. The molecule has 1 aliphatic heterocycles. The molecule has 1 aliphatic rings. The smallest absolute Gasteiger partial charge is 0.338 e. The number of hydrogen-bond donors (Lipinski definition) is 0. The Morgan fingerprint density at radius 2 is 1.85 bits per heavy atom. The SMILES string of the molecule is C[C@H]1CCCN(C(=O)COC(=O)c2cccc(Oc3ccccc3)c2)C1. The Balaban J connectivity index is 1.56. The van der Waals surface area contributed by atoms with E-state index in [-0.39, 0.29) is 12.5 Å². The number of carbonyl (C=O) groups excluding carboxylic acids is 2. The van der Waals surface area contributed by atoms with Crippen LogP contribution in [0, 0.1) is 5.92 Å². The van der Waals surface area contributed by atoms with Crippen LogP contribution in [0.4, 0.5) is 0 Å². The summed E-state index contributed by atoms with van der Waals surface area (Å²) in [6.07, 6.45) is 2.14. The highest BCUT2D eigenvalue weighted by Crippen LogP contribution is 2.22. The van der Waals surface area contributed by atoms with Gasteiger partial charge in [-0.2, -0.15) is 0 Å². The molecule has 0 spiro atoms. The summed E-state index contributed by atoms with van der Waals surface area (Å²) in [5.74, 6) is 1.06. The molecule has 26 heavy (non-hydrogen) atoms. The highest BCUT2D eigenvalue weighted by molar-refractivity contribution is 5.91. The van der Waals surface area contributed by atoms with Crippen molar-refractivity contribution >= 4 is 11.9 Å². The van der Waals surface area contributed by atoms with E-state index in [9.17, 15) is 9.59 Å². The van der Waals surface area contributed by atoms with Crippen LogP contribution in [0.15, 0.2) is 54.6 Å². The van der Waals surface area contributed by atoms with Crippen LogP contribution in [0.2, 0.25) is 0 Å². The zero-order chi connectivity index (χ0) is 18.4. The molecule has 0 saturated carbocycles. The van der Waals surface area contributed by atoms with Crippen molar-refractivity contribution in [2.75, 3.05) is 19.7 Å². The van der Waals surface area contributed by atoms with Gasteiger partial charge >= 0.3 is 5.97 Å². The van der Waals surface area contributed by atoms with Crippen molar-refractivity contribution in [3.8, 4) is 11.5 Å². The van der Waals surface area contributed by atoms with Gasteiger partial charge in [-0.1, -0.05) is 31.2 Å². The molecule has 1 heterocycles. The zero-order valence-corrected chi connectivity index (χ0v) is 14.9. The molecule has 136 valence electrons. The van der Waals surface area contributed by atoms with Crippen molar-refractivity contribution in [2.45, 2.75) is 19.8 Å². The van der Waals surface area contributed by atoms with Gasteiger partial charge in [0.05, 0.1) is 5.56 Å². The van der Waals surface area contributed by atoms with Crippen molar-refractivity contribution in [1.82, 2.24) is 4.90 Å². The summed E-state index contributed by atoms with van der Waals surface area (Å²) in [5, 5.41) is 0. The lowest BCUT2D eigenvalue weighted by molar-refractivity contribution is -0.136. The highest BCUT2D eigenvalue weighted by atomic mass is 16.5. The Morgan fingerprint density at radius 3 is 2.62 bits per heavy atom. The molecule has 1 atom stereocenters. The maximum atomic E-state index is 12.3. The van der Waals surface area contributed by atoms with Gasteiger partial charge in [0, 0.05) is 13.1 Å². The van der Waals surface area contributed by atoms with E-state index in [2.05, 4.69) is 6.92 Å². The molecule has 1 amide bonds. The first-order valence-corrected chi connectivity index (χ1v) is 8.89. The Kier molecular flexibility index (Phi) is 5.89. The van der Waals surface area contributed by atoms with E-state index >= 15 is 0 Å². The second kappa shape index (κ2) is 8.52. The summed E-state index contributed by atoms with van der Waals surface area (Å²) in [5.41, 5.74) is 0.359. The van der Waals surface area contributed by atoms with Gasteiger partial charge in [0.15, 0.2) is 6.61 Å². The normalized spacial score (nSPS) is 16.8. The predicted molar refractivity (Wildman–Crippen MR) is 98.2 cm³/mol. The van der Waals surface area contributed by atoms with Crippen LogP contribution in [0.5, 0.6) is 11.5 Å². The Morgan fingerprint density at radius 1 is 1.08 bits per heavy atom. The number of rotatable bonds is 5. The van der Waals surface area contributed by atoms with Crippen LogP contribution in [0.3, 0.4) is 0 Å². The van der Waals surface area contributed by atoms with Gasteiger partial charge in [0.1, 0.15) is 11.5 Å². The number of para-hydroxylation sites is 1. The Labute approximate surface area is 153 Å². The number of esters is 1. The van der Waals surface area contributed by atoms with Crippen molar-refractivity contribution < 1.29 is 19.1 Å². The molecule has 0 N–H and O–H groups in total. The van der Waals surface area contributed by atoms with Crippen LogP contribution < -0.4 is 4.74 Å². The van der Waals surface area contributed by atoms with Gasteiger partial charge in [-0.3, -0.25) is 4.79 Å². The molecule has 1 saturated heterocycles. The molecule has 2 aromatic carbocycles. The molecule has 0 aromatic heterocycles. The van der Waals surface area contributed by atoms with Crippen molar-refractivity contribution in [2.24, 2.45) is 5.92 Å². The number of amides is 1. The number of hydrogen-bond acceptors (Lipinski definition) is 4. The molecule has 3 rings (SSSR count). The average Bonchev–Trinajstić information content (AvgIpc) is 2.67. The molecule has 0 radical (unpaired) electrons. The van der Waals surface area contributed by atoms with E-state index in [1.54, 1.807) is 29.2 Å². The topological polar surface area (TPSA) is 55.8 Å². The van der Waals surface area contributed by atoms with Crippen LogP contribution >= 0.6 is 0 Å². The van der Waals surface area contributed by atoms with Gasteiger partial charge in [-0.15, -0.1) is 0 Å². The van der Waals surface area contributed by atoms with Gasteiger partial charge in [0.25, 0.3) is 5.91 Å². The van der Waals surface area contributed by atoms with E-state index in [4.69, 9.17) is 9.47 Å². The van der Waals surface area contributed by atoms with Crippen molar-refractivity contribution in [3.63, 3.8) is 0 Å². The van der Waals surface area contributed by atoms with Crippen LogP contribution in [-0.2, 0) is 9.53 Å². The first-order chi connectivity index (χ1) is 12.6. The van der Waals surface area contributed by atoms with E-state index in [0.717, 1.165) is 25.9 Å². The third-order valence-electron chi connectivity index (χ3n) is 4.39. The molecule has 0 unspecified atom stereocenters. The Hall–Kier alpha value is -2.82. The highest BCUT2D eigenvalue weighted by Gasteiger charge is 2.22. The third kappa shape index (κ3) is 4.85. The van der Waals surface area contributed by atoms with Crippen molar-refractivity contribution in [3.05, 3.63) is 60.2 Å². The number of piperidine rings is 1. The van der Waals surface area contributed by atoms with Gasteiger partial charge < -0.3 is 14.4 Å². The van der Waals surface area contributed by atoms with Crippen LogP contribution in [0.1, 0.15) is 30.1 Å². The summed E-state index contributed by atoms with van der Waals surface area (Å²) in [6, 6.07) is 16.1. The fraction of sp³-hybridized carbons (Fsp3) is 0.333. The summed E-state index contributed by atoms with van der Waals surface area (Å²) in [7, 11) is 0. The van der Waals surface area contributed by atoms with E-state index in [1.807, 2.05) is 30.3 Å². The van der Waals surface area contributed by atoms with E-state index < -0.39 is 5.97 Å². The molecular formula is C21H23NO4. The first kappa shape index (κ1) is 18.0. The fourth-order valence-electron chi connectivity index (χ4n) is 3.03. The monoisotopic (exact) mass is 353 g/mol. The molecule has 1 fully saturated rings. The Bertz CT molecular complexity index is 760. The summed E-state index contributed by atoms with van der Waals surface area (Å²) in [6.45, 7) is 3.37. The predicted octanol–water partition coefficient (Wildman–Crippen LogP) is 3.89. The number of carbonyl (C=O) groups is 2. The number of benzene rings is 2. The largest absolute Gasteiger partial charge is 0.457 e. The zero-order valence-electron chi connectivity index (χ0n) is 14.9. The molecular weight excluding hydrogens is 330 g/mol. The summed E-state index contributed by atoms with van der Waals surface area (Å²) >= 11 is 0. The maximum absolute atomic E-state index is 12.3. The fourth-order valence-corrected chi connectivity index (χ4v) is 3.03. The molecule has 5 heteroatoms. The molecule has 0 bridgehead atoms. The lowest BCUT2D eigenvalue weighted by Gasteiger charge is -2.30. The van der Waals surface area contributed by atoms with E-state index in [1.165, 1.54) is 0 Å². The minimum atomic E-state index is -0.526. The minimum Gasteiger partial charge on any atom is -0.457 e. The number of ether oxygens (including phenoxy) is 2. The lowest BCUT2D eigenvalue weighted by Crippen LogP contribution is -2.41. The van der Waals surface area contributed by atoms with Gasteiger partial charge in [-0.05, 0) is 49.1 Å². The lowest BCUT2D eigenvalue weighted by atomic mass is 10.0. The third-order valence-corrected chi connectivity index (χ3v) is 4.39. The second-order valence-corrected chi connectivity index (χ2v) is 6.61. The van der Waals surface area contributed by atoms with Gasteiger partial charge in [0.2, 0.25) is 0 Å². The van der Waals surface area contributed by atoms with Crippen LogP contribution in [0.25, 0.3) is 0 Å². The van der Waals surface area contributed by atoms with Gasteiger partial charge in [-0.25, -0.2) is 4.79 Å². The number of nitrogens with zero attached hydrogens (tertiary/aromatic N) is 1. The standard InChI is InChI=1S/C21H23NO4/c1-16-7-6-12-22(14-16)20(23)15-25-21(24)17-8-5-11-19(13-17)26-18-9-3-2-4-10-18/h2-5,8-11,13,16H,6-7,12,14-15H2,1H3/t16-/m0/s1. The molecule has 0 aliphatic carbocycles. The average molecular weight is 353 g/mol. The second-order valence-electron chi connectivity index (χ2n) is 6.61. The van der Waals surface area contributed by atoms with Crippen molar-refractivity contribution in [1.29, 1.82) is 0 Å². The summed E-state index contributed by atoms with van der Waals surface area (Å²) < 4.78 is 10.9. The number of likely N-dealkylation sites (tertiary alicyclic amines) is 1. The van der Waals surface area contributed by atoms with Crippen LogP contribution in [-0.4, -0.2) is 36.5 Å². The first-order valence-electron chi connectivity index (χ1n) is 8.89. The maximum Gasteiger partial charge on any atom is 0.338 e.